The average molecular weight is 443 g/mol. The first-order valence-electron chi connectivity index (χ1n) is 10.9. The van der Waals surface area contributed by atoms with Gasteiger partial charge < -0.3 is 9.15 Å². The Morgan fingerprint density at radius 3 is 2.58 bits per heavy atom. The number of fused-ring (bicyclic) bond motifs is 2. The fourth-order valence-corrected chi connectivity index (χ4v) is 4.26. The van der Waals surface area contributed by atoms with Gasteiger partial charge in [-0.05, 0) is 67.4 Å². The number of aryl methyl sites for hydroxylation is 1. The maximum absolute atomic E-state index is 13.7. The number of rotatable bonds is 5. The van der Waals surface area contributed by atoms with Crippen molar-refractivity contribution in [1.82, 2.24) is 0 Å². The largest absolute Gasteiger partial charge is 0.494 e. The van der Waals surface area contributed by atoms with Crippen molar-refractivity contribution in [2.45, 2.75) is 26.3 Å². The van der Waals surface area contributed by atoms with Crippen molar-refractivity contribution < 1.29 is 18.3 Å². The third kappa shape index (κ3) is 3.57. The average Bonchev–Trinajstić information content (AvgIpc) is 3.11. The van der Waals surface area contributed by atoms with E-state index in [1.165, 1.54) is 29.2 Å². The first-order valence-corrected chi connectivity index (χ1v) is 10.9. The van der Waals surface area contributed by atoms with Crippen molar-refractivity contribution in [3.8, 4) is 5.75 Å². The molecule has 0 saturated heterocycles. The molecule has 2 heterocycles. The van der Waals surface area contributed by atoms with Gasteiger partial charge in [-0.25, -0.2) is 4.39 Å². The number of carbonyl (C=O) groups excluding carboxylic acids is 1. The van der Waals surface area contributed by atoms with Gasteiger partial charge in [0.1, 0.15) is 17.1 Å². The number of anilines is 1. The zero-order chi connectivity index (χ0) is 23.1. The molecule has 0 N–H and O–H groups in total. The van der Waals surface area contributed by atoms with Crippen LogP contribution < -0.4 is 15.1 Å². The van der Waals surface area contributed by atoms with Gasteiger partial charge in [-0.3, -0.25) is 14.5 Å². The molecule has 1 aromatic heterocycles. The van der Waals surface area contributed by atoms with Gasteiger partial charge in [0.05, 0.1) is 23.6 Å². The molecule has 0 radical (unpaired) electrons. The normalized spacial score (nSPS) is 15.2. The molecule has 1 amide bonds. The number of carbonyl (C=O) groups is 1. The molecule has 0 spiro atoms. The number of nitrogens with zero attached hydrogens (tertiary/aromatic N) is 1. The van der Waals surface area contributed by atoms with Crippen LogP contribution in [0, 0.1) is 12.7 Å². The van der Waals surface area contributed by atoms with E-state index < -0.39 is 17.8 Å². The SMILES string of the molecule is CCCOc1cccc(C2c3c(oc4ccc(C)cc4c3=O)C(=O)N2c2ccc(F)cc2)c1. The third-order valence-corrected chi connectivity index (χ3v) is 5.78. The fraction of sp³-hybridized carbons (Fsp3) is 0.185. The molecule has 3 aromatic carbocycles. The van der Waals surface area contributed by atoms with Crippen LogP contribution in [-0.2, 0) is 0 Å². The lowest BCUT2D eigenvalue weighted by Crippen LogP contribution is -2.29. The summed E-state index contributed by atoms with van der Waals surface area (Å²) in [5, 5.41) is 0.422. The molecule has 5 nitrogen and oxygen atoms in total. The zero-order valence-electron chi connectivity index (χ0n) is 18.3. The van der Waals surface area contributed by atoms with E-state index in [0.717, 1.165) is 12.0 Å². The van der Waals surface area contributed by atoms with Crippen molar-refractivity contribution in [3.63, 3.8) is 0 Å². The van der Waals surface area contributed by atoms with Gasteiger partial charge >= 0.3 is 0 Å². The number of amides is 1. The number of hydrogen-bond donors (Lipinski definition) is 0. The van der Waals surface area contributed by atoms with Crippen LogP contribution in [0.4, 0.5) is 10.1 Å². The van der Waals surface area contributed by atoms with Crippen LogP contribution in [0.3, 0.4) is 0 Å². The van der Waals surface area contributed by atoms with Crippen molar-refractivity contribution >= 4 is 22.6 Å². The van der Waals surface area contributed by atoms with Crippen LogP contribution in [0.5, 0.6) is 5.75 Å². The van der Waals surface area contributed by atoms with E-state index in [1.807, 2.05) is 44.2 Å². The molecule has 0 saturated carbocycles. The standard InChI is InChI=1S/C27H22FNO4/c1-3-13-32-20-6-4-5-17(15-20)24-23-25(30)21-14-16(2)7-12-22(21)33-26(23)27(31)29(24)19-10-8-18(28)9-11-19/h4-12,14-15,24H,3,13H2,1-2H3. The molecule has 6 heteroatoms. The first kappa shape index (κ1) is 20.9. The number of ether oxygens (including phenoxy) is 1. The van der Waals surface area contributed by atoms with E-state index in [4.69, 9.17) is 9.15 Å². The molecule has 4 aromatic rings. The number of benzene rings is 3. The molecule has 1 aliphatic rings. The van der Waals surface area contributed by atoms with Crippen LogP contribution >= 0.6 is 0 Å². The maximum Gasteiger partial charge on any atom is 0.295 e. The van der Waals surface area contributed by atoms with Crippen LogP contribution in [0.25, 0.3) is 11.0 Å². The van der Waals surface area contributed by atoms with Crippen molar-refractivity contribution in [2.24, 2.45) is 0 Å². The van der Waals surface area contributed by atoms with Crippen LogP contribution in [0.2, 0.25) is 0 Å². The summed E-state index contributed by atoms with van der Waals surface area (Å²) in [5.41, 5.74) is 2.47. The molecule has 1 aliphatic heterocycles. The first-order chi connectivity index (χ1) is 16.0. The molecular formula is C27H22FNO4. The molecule has 1 unspecified atom stereocenters. The minimum absolute atomic E-state index is 0.00515. The molecule has 0 fully saturated rings. The predicted molar refractivity (Wildman–Crippen MR) is 125 cm³/mol. The second kappa shape index (κ2) is 8.20. The summed E-state index contributed by atoms with van der Waals surface area (Å²) in [6, 6.07) is 17.6. The van der Waals surface area contributed by atoms with Crippen LogP contribution in [-0.4, -0.2) is 12.5 Å². The van der Waals surface area contributed by atoms with Crippen molar-refractivity contribution in [2.75, 3.05) is 11.5 Å². The summed E-state index contributed by atoms with van der Waals surface area (Å²) < 4.78 is 25.4. The Balaban J connectivity index is 1.76. The molecule has 0 aliphatic carbocycles. The minimum Gasteiger partial charge on any atom is -0.494 e. The Morgan fingerprint density at radius 1 is 1.03 bits per heavy atom. The summed E-state index contributed by atoms with van der Waals surface area (Å²) >= 11 is 0. The van der Waals surface area contributed by atoms with Crippen molar-refractivity contribution in [3.05, 3.63) is 105 Å². The van der Waals surface area contributed by atoms with Gasteiger partial charge in [-0.2, -0.15) is 0 Å². The number of halogens is 1. The molecule has 0 bridgehead atoms. The third-order valence-electron chi connectivity index (χ3n) is 5.78. The van der Waals surface area contributed by atoms with E-state index >= 15 is 0 Å². The summed E-state index contributed by atoms with van der Waals surface area (Å²) in [6.45, 7) is 4.47. The lowest BCUT2D eigenvalue weighted by atomic mass is 9.97. The molecule has 33 heavy (non-hydrogen) atoms. The summed E-state index contributed by atoms with van der Waals surface area (Å²) in [6.07, 6.45) is 0.853. The van der Waals surface area contributed by atoms with Gasteiger partial charge in [-0.1, -0.05) is 30.7 Å². The van der Waals surface area contributed by atoms with E-state index in [9.17, 15) is 14.0 Å². The highest BCUT2D eigenvalue weighted by molar-refractivity contribution is 6.10. The molecule has 1 atom stereocenters. The predicted octanol–water partition coefficient (Wildman–Crippen LogP) is 5.78. The topological polar surface area (TPSA) is 59.8 Å². The maximum atomic E-state index is 13.7. The van der Waals surface area contributed by atoms with Crippen LogP contribution in [0.1, 0.15) is 46.6 Å². The second-order valence-corrected chi connectivity index (χ2v) is 8.15. The summed E-state index contributed by atoms with van der Waals surface area (Å²) in [7, 11) is 0. The molecule has 5 rings (SSSR count). The summed E-state index contributed by atoms with van der Waals surface area (Å²) in [4.78, 5) is 28.7. The fourth-order valence-electron chi connectivity index (χ4n) is 4.26. The lowest BCUT2D eigenvalue weighted by Gasteiger charge is -2.25. The van der Waals surface area contributed by atoms with Crippen LogP contribution in [0.15, 0.2) is 75.9 Å². The molecular weight excluding hydrogens is 421 g/mol. The Kier molecular flexibility index (Phi) is 5.21. The smallest absolute Gasteiger partial charge is 0.295 e. The quantitative estimate of drug-likeness (QED) is 0.392. The van der Waals surface area contributed by atoms with Gasteiger partial charge in [0.2, 0.25) is 5.76 Å². The highest BCUT2D eigenvalue weighted by Crippen LogP contribution is 2.42. The lowest BCUT2D eigenvalue weighted by molar-refractivity contribution is 0.0971. The molecule has 166 valence electrons. The van der Waals surface area contributed by atoms with Gasteiger partial charge in [0.25, 0.3) is 5.91 Å². The highest BCUT2D eigenvalue weighted by atomic mass is 19.1. The van der Waals surface area contributed by atoms with Gasteiger partial charge in [0.15, 0.2) is 5.43 Å². The van der Waals surface area contributed by atoms with E-state index in [2.05, 4.69) is 0 Å². The number of hydrogen-bond acceptors (Lipinski definition) is 4. The summed E-state index contributed by atoms with van der Waals surface area (Å²) in [5.74, 6) is -0.202. The van der Waals surface area contributed by atoms with Gasteiger partial charge in [-0.15, -0.1) is 0 Å². The Labute approximate surface area is 190 Å². The van der Waals surface area contributed by atoms with E-state index in [0.29, 0.717) is 34.6 Å². The zero-order valence-corrected chi connectivity index (χ0v) is 18.3. The van der Waals surface area contributed by atoms with Gasteiger partial charge in [0, 0.05) is 5.69 Å². The van der Waals surface area contributed by atoms with E-state index in [1.54, 1.807) is 12.1 Å². The second-order valence-electron chi connectivity index (χ2n) is 8.15. The highest BCUT2D eigenvalue weighted by Gasteiger charge is 2.43. The monoisotopic (exact) mass is 443 g/mol. The van der Waals surface area contributed by atoms with Crippen molar-refractivity contribution in [1.29, 1.82) is 0 Å². The Hall–Kier alpha value is -3.93. The Bertz CT molecular complexity index is 1420. The van der Waals surface area contributed by atoms with E-state index in [-0.39, 0.29) is 16.8 Å². The minimum atomic E-state index is -0.732. The Morgan fingerprint density at radius 2 is 1.82 bits per heavy atom.